The normalized spacial score (nSPS) is 13.8. The lowest BCUT2D eigenvalue weighted by molar-refractivity contribution is 0.174. The highest BCUT2D eigenvalue weighted by Gasteiger charge is 2.21. The number of aromatic nitrogens is 1. The summed E-state index contributed by atoms with van der Waals surface area (Å²) in [6.07, 6.45) is 1.41. The number of ether oxygens (including phenoxy) is 2. The Morgan fingerprint density at radius 1 is 1.18 bits per heavy atom. The molecule has 1 aliphatic rings. The van der Waals surface area contributed by atoms with Gasteiger partial charge in [-0.3, -0.25) is 0 Å². The molecule has 7 heteroatoms. The first-order valence-electron chi connectivity index (χ1n) is 6.97. The Morgan fingerprint density at radius 2 is 1.95 bits per heavy atom. The van der Waals surface area contributed by atoms with Crippen LogP contribution in [-0.4, -0.2) is 20.4 Å². The molecule has 0 radical (unpaired) electrons. The van der Waals surface area contributed by atoms with Gasteiger partial charge in [-0.1, -0.05) is 25.1 Å². The largest absolute Gasteiger partial charge is 0.454 e. The van der Waals surface area contributed by atoms with Crippen molar-refractivity contribution in [1.82, 2.24) is 5.16 Å². The summed E-state index contributed by atoms with van der Waals surface area (Å²) in [5.74, 6) is 1.20. The number of benzene rings is 1. The molecule has 0 aliphatic carbocycles. The Morgan fingerprint density at radius 3 is 2.73 bits per heavy atom. The topological polar surface area (TPSA) is 78.6 Å². The van der Waals surface area contributed by atoms with Crippen LogP contribution in [0.1, 0.15) is 36.6 Å². The zero-order valence-corrected chi connectivity index (χ0v) is 13.2. The molecule has 0 amide bonds. The second kappa shape index (κ2) is 5.64. The van der Waals surface area contributed by atoms with E-state index >= 15 is 0 Å². The van der Waals surface area contributed by atoms with E-state index in [2.05, 4.69) is 5.16 Å². The fraction of sp³-hybridized carbons (Fsp3) is 0.400. The molecule has 0 unspecified atom stereocenters. The summed E-state index contributed by atoms with van der Waals surface area (Å²) in [7, 11) is -3.33. The van der Waals surface area contributed by atoms with Crippen LogP contribution < -0.4 is 9.47 Å². The van der Waals surface area contributed by atoms with Crippen LogP contribution >= 0.6 is 0 Å². The summed E-state index contributed by atoms with van der Waals surface area (Å²) in [5, 5.41) is 3.88. The van der Waals surface area contributed by atoms with Crippen LogP contribution in [0.5, 0.6) is 11.5 Å². The van der Waals surface area contributed by atoms with Crippen LogP contribution in [-0.2, 0) is 21.3 Å². The van der Waals surface area contributed by atoms with Gasteiger partial charge < -0.3 is 14.0 Å². The third-order valence-electron chi connectivity index (χ3n) is 3.42. The predicted molar refractivity (Wildman–Crippen MR) is 79.5 cm³/mol. The first-order valence-corrected chi connectivity index (χ1v) is 8.79. The number of rotatable bonds is 5. The molecule has 0 N–H and O–H groups in total. The van der Waals surface area contributed by atoms with Crippen LogP contribution in [0, 0.1) is 0 Å². The van der Waals surface area contributed by atoms with Crippen molar-refractivity contribution in [1.29, 1.82) is 0 Å². The molecule has 22 heavy (non-hydrogen) atoms. The summed E-state index contributed by atoms with van der Waals surface area (Å²) >= 11 is 0. The molecule has 1 aliphatic heterocycles. The van der Waals surface area contributed by atoms with E-state index in [1.165, 1.54) is 6.26 Å². The van der Waals surface area contributed by atoms with Gasteiger partial charge in [-0.2, -0.15) is 0 Å². The van der Waals surface area contributed by atoms with Gasteiger partial charge in [0.2, 0.25) is 6.79 Å². The molecule has 0 saturated heterocycles. The lowest BCUT2D eigenvalue weighted by Crippen LogP contribution is -2.09. The number of fused-ring (bicyclic) bond motifs is 1. The van der Waals surface area contributed by atoms with Crippen molar-refractivity contribution in [3.05, 3.63) is 41.3 Å². The summed E-state index contributed by atoms with van der Waals surface area (Å²) in [6, 6.07) is 5.17. The first-order chi connectivity index (χ1) is 10.4. The minimum absolute atomic E-state index is 0.0631. The van der Waals surface area contributed by atoms with E-state index in [1.807, 2.05) is 13.8 Å². The first kappa shape index (κ1) is 14.9. The van der Waals surface area contributed by atoms with E-state index in [0.717, 1.165) is 0 Å². The second-order valence-electron chi connectivity index (χ2n) is 5.60. The fourth-order valence-corrected chi connectivity index (χ4v) is 3.90. The monoisotopic (exact) mass is 323 g/mol. The lowest BCUT2D eigenvalue weighted by atomic mass is 10.1. The van der Waals surface area contributed by atoms with Gasteiger partial charge in [-0.05, 0) is 23.6 Å². The van der Waals surface area contributed by atoms with Crippen molar-refractivity contribution in [2.24, 2.45) is 0 Å². The summed E-state index contributed by atoms with van der Waals surface area (Å²) in [4.78, 5) is 0. The number of sulfone groups is 1. The molecule has 0 saturated carbocycles. The van der Waals surface area contributed by atoms with Crippen molar-refractivity contribution in [2.75, 3.05) is 6.79 Å². The van der Waals surface area contributed by atoms with E-state index in [4.69, 9.17) is 14.0 Å². The minimum Gasteiger partial charge on any atom is -0.454 e. The molecule has 0 bridgehead atoms. The van der Waals surface area contributed by atoms with Gasteiger partial charge in [-0.15, -0.1) is 0 Å². The maximum Gasteiger partial charge on any atom is 0.231 e. The van der Waals surface area contributed by atoms with Gasteiger partial charge in [0.15, 0.2) is 21.3 Å². The molecule has 1 aromatic carbocycles. The summed E-state index contributed by atoms with van der Waals surface area (Å²) < 4.78 is 40.2. The van der Waals surface area contributed by atoms with Crippen LogP contribution in [0.3, 0.4) is 0 Å². The molecule has 0 atom stereocenters. The van der Waals surface area contributed by atoms with Crippen molar-refractivity contribution < 1.29 is 22.4 Å². The maximum atomic E-state index is 12.4. The van der Waals surface area contributed by atoms with Crippen LogP contribution in [0.25, 0.3) is 0 Å². The molecular formula is C15H17NO5S. The highest BCUT2D eigenvalue weighted by atomic mass is 32.2. The van der Waals surface area contributed by atoms with Gasteiger partial charge in [0.05, 0.1) is 17.2 Å². The van der Waals surface area contributed by atoms with E-state index in [-0.39, 0.29) is 24.2 Å². The summed E-state index contributed by atoms with van der Waals surface area (Å²) in [5.41, 5.74) is 1.98. The van der Waals surface area contributed by atoms with E-state index in [0.29, 0.717) is 28.3 Å². The molecule has 1 aromatic heterocycles. The fourth-order valence-electron chi connectivity index (χ4n) is 2.42. The molecular weight excluding hydrogens is 306 g/mol. The van der Waals surface area contributed by atoms with Crippen LogP contribution in [0.15, 0.2) is 29.0 Å². The standard InChI is InChI=1S/C15H17NO5S/c1-10(2)15-12(6-21-16-15)8-22(17,18)7-11-3-4-13-14(5-11)20-9-19-13/h3-6,10H,7-9H2,1-2H3. The van der Waals surface area contributed by atoms with Crippen molar-refractivity contribution in [3.63, 3.8) is 0 Å². The second-order valence-corrected chi connectivity index (χ2v) is 7.66. The van der Waals surface area contributed by atoms with E-state index in [9.17, 15) is 8.42 Å². The molecule has 118 valence electrons. The van der Waals surface area contributed by atoms with Gasteiger partial charge in [0, 0.05) is 5.56 Å². The van der Waals surface area contributed by atoms with Crippen molar-refractivity contribution in [2.45, 2.75) is 31.3 Å². The van der Waals surface area contributed by atoms with Gasteiger partial charge in [0.25, 0.3) is 0 Å². The maximum absolute atomic E-state index is 12.4. The zero-order chi connectivity index (χ0) is 15.7. The molecule has 6 nitrogen and oxygen atoms in total. The average Bonchev–Trinajstić information content (AvgIpc) is 3.05. The average molecular weight is 323 g/mol. The minimum atomic E-state index is -3.33. The van der Waals surface area contributed by atoms with Gasteiger partial charge >= 0.3 is 0 Å². The molecule has 2 aromatic rings. The quantitative estimate of drug-likeness (QED) is 0.841. The lowest BCUT2D eigenvalue weighted by Gasteiger charge is -2.07. The SMILES string of the molecule is CC(C)c1nocc1CS(=O)(=O)Cc1ccc2c(c1)OCO2. The van der Waals surface area contributed by atoms with Crippen molar-refractivity contribution >= 4 is 9.84 Å². The molecule has 2 heterocycles. The summed E-state index contributed by atoms with van der Waals surface area (Å²) in [6.45, 7) is 4.07. The Balaban J connectivity index is 1.77. The van der Waals surface area contributed by atoms with Crippen LogP contribution in [0.2, 0.25) is 0 Å². The number of nitrogens with zero attached hydrogens (tertiary/aromatic N) is 1. The Labute approximate surface area is 128 Å². The van der Waals surface area contributed by atoms with Crippen LogP contribution in [0.4, 0.5) is 0 Å². The third kappa shape index (κ3) is 3.09. The Bertz CT molecular complexity index is 779. The Kier molecular flexibility index (Phi) is 3.82. The molecule has 0 fully saturated rings. The smallest absolute Gasteiger partial charge is 0.231 e. The number of hydrogen-bond donors (Lipinski definition) is 0. The van der Waals surface area contributed by atoms with E-state index in [1.54, 1.807) is 18.2 Å². The van der Waals surface area contributed by atoms with E-state index < -0.39 is 9.84 Å². The zero-order valence-electron chi connectivity index (χ0n) is 12.4. The highest BCUT2D eigenvalue weighted by molar-refractivity contribution is 7.89. The van der Waals surface area contributed by atoms with Crippen molar-refractivity contribution in [3.8, 4) is 11.5 Å². The van der Waals surface area contributed by atoms with Gasteiger partial charge in [0.1, 0.15) is 6.26 Å². The number of hydrogen-bond acceptors (Lipinski definition) is 6. The molecule has 0 spiro atoms. The molecule has 3 rings (SSSR count). The Hall–Kier alpha value is -2.02. The third-order valence-corrected chi connectivity index (χ3v) is 4.94. The van der Waals surface area contributed by atoms with Gasteiger partial charge in [-0.25, -0.2) is 8.42 Å². The highest BCUT2D eigenvalue weighted by Crippen LogP contribution is 2.33. The predicted octanol–water partition coefficient (Wildman–Crippen LogP) is 2.64.